The Bertz CT molecular complexity index is 535. The summed E-state index contributed by atoms with van der Waals surface area (Å²) in [7, 11) is 0. The molecule has 0 N–H and O–H groups in total. The fourth-order valence-electron chi connectivity index (χ4n) is 1.35. The van der Waals surface area contributed by atoms with E-state index in [1.807, 2.05) is 0 Å². The predicted octanol–water partition coefficient (Wildman–Crippen LogP) is 5.14. The van der Waals surface area contributed by atoms with Crippen molar-refractivity contribution < 1.29 is 22.6 Å². The van der Waals surface area contributed by atoms with Crippen LogP contribution in [0.5, 0.6) is 17.2 Å². The molecule has 2 aromatic carbocycles. The van der Waals surface area contributed by atoms with Gasteiger partial charge in [0.2, 0.25) is 0 Å². The van der Waals surface area contributed by atoms with Gasteiger partial charge in [-0.15, -0.1) is 13.2 Å². The van der Waals surface area contributed by atoms with E-state index in [9.17, 15) is 13.2 Å². The van der Waals surface area contributed by atoms with E-state index in [-0.39, 0.29) is 5.75 Å². The summed E-state index contributed by atoms with van der Waals surface area (Å²) in [6.45, 7) is 0. The second-order valence-corrected chi connectivity index (χ2v) is 4.49. The second-order valence-electron chi connectivity index (χ2n) is 3.58. The molecule has 0 atom stereocenters. The molecule has 19 heavy (non-hydrogen) atoms. The zero-order valence-corrected chi connectivity index (χ0v) is 11.0. The molecule has 0 heterocycles. The van der Waals surface area contributed by atoms with E-state index in [2.05, 4.69) is 20.7 Å². The van der Waals surface area contributed by atoms with Gasteiger partial charge < -0.3 is 9.47 Å². The Balaban J connectivity index is 2.04. The Morgan fingerprint density at radius 2 is 1.16 bits per heavy atom. The van der Waals surface area contributed by atoms with E-state index in [0.717, 1.165) is 4.47 Å². The molecule has 0 spiro atoms. The Labute approximate surface area is 115 Å². The first-order valence-corrected chi connectivity index (χ1v) is 6.01. The van der Waals surface area contributed by atoms with E-state index in [1.165, 1.54) is 24.3 Å². The van der Waals surface area contributed by atoms with Crippen LogP contribution in [-0.4, -0.2) is 6.36 Å². The van der Waals surface area contributed by atoms with E-state index in [1.54, 1.807) is 24.3 Å². The number of halogens is 4. The molecule has 0 unspecified atom stereocenters. The molecule has 0 saturated heterocycles. The van der Waals surface area contributed by atoms with Crippen molar-refractivity contribution in [1.82, 2.24) is 0 Å². The first kappa shape index (κ1) is 13.7. The molecule has 0 bridgehead atoms. The van der Waals surface area contributed by atoms with Crippen LogP contribution in [0.2, 0.25) is 0 Å². The normalized spacial score (nSPS) is 11.2. The van der Waals surface area contributed by atoms with Gasteiger partial charge in [-0.3, -0.25) is 0 Å². The van der Waals surface area contributed by atoms with Gasteiger partial charge in [-0.05, 0) is 48.5 Å². The van der Waals surface area contributed by atoms with Gasteiger partial charge >= 0.3 is 6.36 Å². The summed E-state index contributed by atoms with van der Waals surface area (Å²) in [5.41, 5.74) is 0. The van der Waals surface area contributed by atoms with Gasteiger partial charge in [0.15, 0.2) is 0 Å². The van der Waals surface area contributed by atoms with Crippen LogP contribution in [0.15, 0.2) is 53.0 Å². The predicted molar refractivity (Wildman–Crippen MR) is 67.3 cm³/mol. The van der Waals surface area contributed by atoms with Gasteiger partial charge in [-0.25, -0.2) is 0 Å². The zero-order chi connectivity index (χ0) is 13.9. The van der Waals surface area contributed by atoms with E-state index in [4.69, 9.17) is 4.74 Å². The Morgan fingerprint density at radius 1 is 0.737 bits per heavy atom. The van der Waals surface area contributed by atoms with Crippen molar-refractivity contribution in [2.45, 2.75) is 6.36 Å². The molecular weight excluding hydrogens is 325 g/mol. The highest BCUT2D eigenvalue weighted by Gasteiger charge is 2.30. The fraction of sp³-hybridized carbons (Fsp3) is 0.0769. The zero-order valence-electron chi connectivity index (χ0n) is 9.45. The lowest BCUT2D eigenvalue weighted by Crippen LogP contribution is -2.16. The largest absolute Gasteiger partial charge is 0.573 e. The minimum atomic E-state index is -4.69. The lowest BCUT2D eigenvalue weighted by Gasteiger charge is -2.10. The summed E-state index contributed by atoms with van der Waals surface area (Å²) in [6.07, 6.45) is -4.69. The number of alkyl halides is 3. The van der Waals surface area contributed by atoms with Crippen LogP contribution in [-0.2, 0) is 0 Å². The molecular formula is C13H8BrF3O2. The van der Waals surface area contributed by atoms with E-state index < -0.39 is 6.36 Å². The van der Waals surface area contributed by atoms with Crippen molar-refractivity contribution in [2.75, 3.05) is 0 Å². The van der Waals surface area contributed by atoms with Crippen LogP contribution in [0.25, 0.3) is 0 Å². The highest BCUT2D eigenvalue weighted by atomic mass is 79.9. The first-order chi connectivity index (χ1) is 8.92. The molecule has 0 aliphatic heterocycles. The van der Waals surface area contributed by atoms with Crippen LogP contribution in [0, 0.1) is 0 Å². The molecule has 2 aromatic rings. The first-order valence-electron chi connectivity index (χ1n) is 5.22. The quantitative estimate of drug-likeness (QED) is 0.774. The summed E-state index contributed by atoms with van der Waals surface area (Å²) in [5.74, 6) is 0.736. The van der Waals surface area contributed by atoms with Crippen molar-refractivity contribution in [2.24, 2.45) is 0 Å². The third-order valence-corrected chi connectivity index (χ3v) is 2.64. The third-order valence-electron chi connectivity index (χ3n) is 2.11. The van der Waals surface area contributed by atoms with Crippen LogP contribution in [0.3, 0.4) is 0 Å². The highest BCUT2D eigenvalue weighted by molar-refractivity contribution is 9.10. The molecule has 6 heteroatoms. The summed E-state index contributed by atoms with van der Waals surface area (Å²) in [4.78, 5) is 0. The smallest absolute Gasteiger partial charge is 0.457 e. The number of benzene rings is 2. The number of rotatable bonds is 3. The number of ether oxygens (including phenoxy) is 2. The molecule has 0 amide bonds. The average molecular weight is 333 g/mol. The van der Waals surface area contributed by atoms with Gasteiger partial charge in [-0.1, -0.05) is 15.9 Å². The summed E-state index contributed by atoms with van der Waals surface area (Å²) in [5, 5.41) is 0. The van der Waals surface area contributed by atoms with Crippen molar-refractivity contribution in [3.05, 3.63) is 53.0 Å². The minimum absolute atomic E-state index is 0.282. The van der Waals surface area contributed by atoms with Gasteiger partial charge in [0, 0.05) is 4.47 Å². The Morgan fingerprint density at radius 3 is 1.63 bits per heavy atom. The molecule has 100 valence electrons. The summed E-state index contributed by atoms with van der Waals surface area (Å²) >= 11 is 3.29. The topological polar surface area (TPSA) is 18.5 Å². The van der Waals surface area contributed by atoms with Crippen LogP contribution >= 0.6 is 15.9 Å². The Kier molecular flexibility index (Phi) is 3.99. The number of hydrogen-bond donors (Lipinski definition) is 0. The minimum Gasteiger partial charge on any atom is -0.457 e. The molecule has 0 saturated carbocycles. The van der Waals surface area contributed by atoms with Gasteiger partial charge in [-0.2, -0.15) is 0 Å². The molecule has 0 fully saturated rings. The molecule has 0 aliphatic rings. The molecule has 2 rings (SSSR count). The average Bonchev–Trinajstić information content (AvgIpc) is 2.33. The molecule has 2 nitrogen and oxygen atoms in total. The van der Waals surface area contributed by atoms with Crippen LogP contribution in [0.4, 0.5) is 13.2 Å². The fourth-order valence-corrected chi connectivity index (χ4v) is 1.61. The Hall–Kier alpha value is -1.69. The van der Waals surface area contributed by atoms with E-state index >= 15 is 0 Å². The van der Waals surface area contributed by atoms with Gasteiger partial charge in [0.1, 0.15) is 17.2 Å². The lowest BCUT2D eigenvalue weighted by atomic mass is 10.3. The highest BCUT2D eigenvalue weighted by Crippen LogP contribution is 2.27. The second kappa shape index (κ2) is 5.52. The maximum atomic E-state index is 12.0. The molecule has 0 aromatic heterocycles. The number of hydrogen-bond acceptors (Lipinski definition) is 2. The monoisotopic (exact) mass is 332 g/mol. The van der Waals surface area contributed by atoms with Crippen LogP contribution < -0.4 is 9.47 Å². The van der Waals surface area contributed by atoms with Crippen molar-refractivity contribution in [1.29, 1.82) is 0 Å². The van der Waals surface area contributed by atoms with Crippen molar-refractivity contribution in [3.63, 3.8) is 0 Å². The third kappa shape index (κ3) is 4.48. The van der Waals surface area contributed by atoms with Gasteiger partial charge in [0.25, 0.3) is 0 Å². The lowest BCUT2D eigenvalue weighted by molar-refractivity contribution is -0.274. The van der Waals surface area contributed by atoms with Crippen molar-refractivity contribution >= 4 is 15.9 Å². The standard InChI is InChI=1S/C13H8BrF3O2/c14-9-1-3-10(4-2-9)18-11-5-7-12(8-6-11)19-13(15,16)17/h1-8H. The van der Waals surface area contributed by atoms with Crippen molar-refractivity contribution in [3.8, 4) is 17.2 Å². The summed E-state index contributed by atoms with van der Waals surface area (Å²) in [6, 6.07) is 12.3. The molecule has 0 aliphatic carbocycles. The van der Waals surface area contributed by atoms with Crippen LogP contribution in [0.1, 0.15) is 0 Å². The maximum Gasteiger partial charge on any atom is 0.573 e. The summed E-state index contributed by atoms with van der Waals surface area (Å²) < 4.78 is 46.0. The van der Waals surface area contributed by atoms with E-state index in [0.29, 0.717) is 11.5 Å². The maximum absolute atomic E-state index is 12.0. The van der Waals surface area contributed by atoms with Gasteiger partial charge in [0.05, 0.1) is 0 Å². The SMILES string of the molecule is FC(F)(F)Oc1ccc(Oc2ccc(Br)cc2)cc1. The molecule has 0 radical (unpaired) electrons.